The van der Waals surface area contributed by atoms with Crippen molar-refractivity contribution in [2.75, 3.05) is 13.6 Å². The number of amides is 1. The molecule has 0 fully saturated rings. The first-order valence-electron chi connectivity index (χ1n) is 6.65. The third-order valence-corrected chi connectivity index (χ3v) is 3.18. The summed E-state index contributed by atoms with van der Waals surface area (Å²) >= 11 is 0. The number of aromatic amines is 1. The molecule has 0 aliphatic rings. The second-order valence-electron chi connectivity index (χ2n) is 4.76. The summed E-state index contributed by atoms with van der Waals surface area (Å²) < 4.78 is 0. The zero-order chi connectivity index (χ0) is 14.4. The van der Waals surface area contributed by atoms with Gasteiger partial charge in [-0.25, -0.2) is 0 Å². The van der Waals surface area contributed by atoms with Gasteiger partial charge in [-0.2, -0.15) is 0 Å². The molecule has 0 aliphatic carbocycles. The van der Waals surface area contributed by atoms with Crippen LogP contribution in [0.5, 0.6) is 0 Å². The molecule has 1 aromatic heterocycles. The van der Waals surface area contributed by atoms with Gasteiger partial charge in [-0.05, 0) is 24.5 Å². The van der Waals surface area contributed by atoms with Gasteiger partial charge in [0.15, 0.2) is 0 Å². The van der Waals surface area contributed by atoms with Gasteiger partial charge in [-0.15, -0.1) is 0 Å². The van der Waals surface area contributed by atoms with Gasteiger partial charge in [-0.1, -0.05) is 30.3 Å². The van der Waals surface area contributed by atoms with Crippen molar-refractivity contribution in [3.8, 4) is 0 Å². The minimum Gasteiger partial charge on any atom is -0.342 e. The summed E-state index contributed by atoms with van der Waals surface area (Å²) in [7, 11) is 1.78. The van der Waals surface area contributed by atoms with Crippen LogP contribution in [0.1, 0.15) is 22.3 Å². The third-order valence-electron chi connectivity index (χ3n) is 3.18. The SMILES string of the molecule is CN(CCCc1ccccc1)C(=O)c1ccc(=O)[nH]c1. The van der Waals surface area contributed by atoms with Crippen LogP contribution in [0, 0.1) is 0 Å². The molecule has 0 saturated carbocycles. The predicted molar refractivity (Wildman–Crippen MR) is 78.8 cm³/mol. The second kappa shape index (κ2) is 6.70. The minimum absolute atomic E-state index is 0.0747. The molecule has 4 nitrogen and oxygen atoms in total. The molecule has 2 rings (SSSR count). The summed E-state index contributed by atoms with van der Waals surface area (Å²) in [4.78, 5) is 27.3. The van der Waals surface area contributed by atoms with Crippen molar-refractivity contribution < 1.29 is 4.79 Å². The van der Waals surface area contributed by atoms with Crippen LogP contribution in [0.4, 0.5) is 0 Å². The van der Waals surface area contributed by atoms with Crippen molar-refractivity contribution in [1.82, 2.24) is 9.88 Å². The number of hydrogen-bond acceptors (Lipinski definition) is 2. The molecule has 0 aliphatic heterocycles. The lowest BCUT2D eigenvalue weighted by atomic mass is 10.1. The molecule has 20 heavy (non-hydrogen) atoms. The maximum absolute atomic E-state index is 12.1. The number of H-pyrrole nitrogens is 1. The van der Waals surface area contributed by atoms with E-state index in [-0.39, 0.29) is 11.5 Å². The number of nitrogens with one attached hydrogen (secondary N) is 1. The first kappa shape index (κ1) is 14.1. The van der Waals surface area contributed by atoms with E-state index in [2.05, 4.69) is 17.1 Å². The van der Waals surface area contributed by atoms with Crippen molar-refractivity contribution in [2.24, 2.45) is 0 Å². The van der Waals surface area contributed by atoms with Crippen molar-refractivity contribution in [1.29, 1.82) is 0 Å². The predicted octanol–water partition coefficient (Wildman–Crippen LogP) is 2.08. The molecule has 1 N–H and O–H groups in total. The van der Waals surface area contributed by atoms with Gasteiger partial charge in [0, 0.05) is 25.9 Å². The van der Waals surface area contributed by atoms with Gasteiger partial charge in [0.05, 0.1) is 5.56 Å². The summed E-state index contributed by atoms with van der Waals surface area (Å²) in [6.07, 6.45) is 3.32. The Balaban J connectivity index is 1.85. The highest BCUT2D eigenvalue weighted by Gasteiger charge is 2.11. The monoisotopic (exact) mass is 270 g/mol. The van der Waals surface area contributed by atoms with E-state index >= 15 is 0 Å². The van der Waals surface area contributed by atoms with E-state index in [0.717, 1.165) is 12.8 Å². The summed E-state index contributed by atoms with van der Waals surface area (Å²) in [6.45, 7) is 0.687. The Kier molecular flexibility index (Phi) is 4.71. The van der Waals surface area contributed by atoms with E-state index in [1.165, 1.54) is 17.8 Å². The molecule has 0 spiro atoms. The van der Waals surface area contributed by atoms with Crippen LogP contribution in [-0.2, 0) is 6.42 Å². The van der Waals surface area contributed by atoms with Gasteiger partial charge in [0.25, 0.3) is 5.91 Å². The fraction of sp³-hybridized carbons (Fsp3) is 0.250. The van der Waals surface area contributed by atoms with Crippen LogP contribution in [0.2, 0.25) is 0 Å². The van der Waals surface area contributed by atoms with Crippen molar-refractivity contribution in [3.63, 3.8) is 0 Å². The molecule has 4 heteroatoms. The number of carbonyl (C=O) groups is 1. The number of carbonyl (C=O) groups excluding carboxylic acids is 1. The van der Waals surface area contributed by atoms with Crippen molar-refractivity contribution in [3.05, 3.63) is 70.1 Å². The van der Waals surface area contributed by atoms with Crippen LogP contribution in [0.15, 0.2) is 53.5 Å². The molecule has 0 unspecified atom stereocenters. The molecule has 2 aromatic rings. The normalized spacial score (nSPS) is 10.2. The summed E-state index contributed by atoms with van der Waals surface area (Å²) in [5.41, 5.74) is 1.58. The van der Waals surface area contributed by atoms with E-state index in [1.807, 2.05) is 18.2 Å². The number of nitrogens with zero attached hydrogens (tertiary/aromatic N) is 1. The Labute approximate surface area is 118 Å². The van der Waals surface area contributed by atoms with E-state index < -0.39 is 0 Å². The van der Waals surface area contributed by atoms with Crippen LogP contribution >= 0.6 is 0 Å². The molecule has 0 radical (unpaired) electrons. The van der Waals surface area contributed by atoms with Crippen LogP contribution in [-0.4, -0.2) is 29.4 Å². The Morgan fingerprint density at radius 2 is 1.90 bits per heavy atom. The van der Waals surface area contributed by atoms with Gasteiger partial charge in [0.1, 0.15) is 0 Å². The molecule has 1 amide bonds. The summed E-state index contributed by atoms with van der Waals surface area (Å²) in [5, 5.41) is 0. The number of aromatic nitrogens is 1. The topological polar surface area (TPSA) is 53.2 Å². The molecule has 0 saturated heterocycles. The Hall–Kier alpha value is -2.36. The Bertz CT molecular complexity index is 599. The van der Waals surface area contributed by atoms with E-state index in [4.69, 9.17) is 0 Å². The van der Waals surface area contributed by atoms with Crippen molar-refractivity contribution >= 4 is 5.91 Å². The Morgan fingerprint density at radius 3 is 2.55 bits per heavy atom. The number of hydrogen-bond donors (Lipinski definition) is 1. The van der Waals surface area contributed by atoms with Gasteiger partial charge >= 0.3 is 0 Å². The zero-order valence-corrected chi connectivity index (χ0v) is 11.5. The highest BCUT2D eigenvalue weighted by Crippen LogP contribution is 2.05. The van der Waals surface area contributed by atoms with Crippen molar-refractivity contribution in [2.45, 2.75) is 12.8 Å². The average molecular weight is 270 g/mol. The smallest absolute Gasteiger partial charge is 0.255 e. The number of aryl methyl sites for hydroxylation is 1. The van der Waals surface area contributed by atoms with E-state index in [9.17, 15) is 9.59 Å². The molecule has 1 heterocycles. The highest BCUT2D eigenvalue weighted by molar-refractivity contribution is 5.93. The lowest BCUT2D eigenvalue weighted by Crippen LogP contribution is -2.28. The van der Waals surface area contributed by atoms with Gasteiger partial charge in [0.2, 0.25) is 5.56 Å². The summed E-state index contributed by atoms with van der Waals surface area (Å²) in [5.74, 6) is -0.0747. The fourth-order valence-electron chi connectivity index (χ4n) is 2.03. The molecular formula is C16H18N2O2. The fourth-order valence-corrected chi connectivity index (χ4v) is 2.03. The molecular weight excluding hydrogens is 252 g/mol. The second-order valence-corrected chi connectivity index (χ2v) is 4.76. The number of pyridine rings is 1. The molecule has 1 aromatic carbocycles. The lowest BCUT2D eigenvalue weighted by molar-refractivity contribution is 0.0793. The standard InChI is InChI=1S/C16H18N2O2/c1-18(11-5-8-13-6-3-2-4-7-13)16(20)14-9-10-15(19)17-12-14/h2-4,6-7,9-10,12H,5,8,11H2,1H3,(H,17,19). The Morgan fingerprint density at radius 1 is 1.15 bits per heavy atom. The largest absolute Gasteiger partial charge is 0.342 e. The lowest BCUT2D eigenvalue weighted by Gasteiger charge is -2.16. The van der Waals surface area contributed by atoms with E-state index in [1.54, 1.807) is 18.0 Å². The van der Waals surface area contributed by atoms with Gasteiger partial charge in [-0.3, -0.25) is 9.59 Å². The average Bonchev–Trinajstić information content (AvgIpc) is 2.48. The number of rotatable bonds is 5. The molecule has 104 valence electrons. The first-order chi connectivity index (χ1) is 9.66. The summed E-state index contributed by atoms with van der Waals surface area (Å²) in [6, 6.07) is 13.1. The first-order valence-corrected chi connectivity index (χ1v) is 6.65. The molecule has 0 bridgehead atoms. The van der Waals surface area contributed by atoms with Gasteiger partial charge < -0.3 is 9.88 Å². The van der Waals surface area contributed by atoms with E-state index in [0.29, 0.717) is 12.1 Å². The highest BCUT2D eigenvalue weighted by atomic mass is 16.2. The minimum atomic E-state index is -0.201. The number of benzene rings is 1. The molecule has 0 atom stereocenters. The zero-order valence-electron chi connectivity index (χ0n) is 11.5. The quantitative estimate of drug-likeness (QED) is 0.904. The maximum Gasteiger partial charge on any atom is 0.255 e. The third kappa shape index (κ3) is 3.82. The van der Waals surface area contributed by atoms with Crippen LogP contribution < -0.4 is 5.56 Å². The maximum atomic E-state index is 12.1. The van der Waals surface area contributed by atoms with Crippen LogP contribution in [0.3, 0.4) is 0 Å². The van der Waals surface area contributed by atoms with Crippen LogP contribution in [0.25, 0.3) is 0 Å².